The Morgan fingerprint density at radius 2 is 2.36 bits per heavy atom. The molecule has 11 heavy (non-hydrogen) atoms. The smallest absolute Gasteiger partial charge is 0.333 e. The average Bonchev–Trinajstić information content (AvgIpc) is 2.00. The summed E-state index contributed by atoms with van der Waals surface area (Å²) >= 11 is 5.29. The Balaban J connectivity index is 3.43. The van der Waals surface area contributed by atoms with Crippen LogP contribution < -0.4 is 10.7 Å². The molecule has 2 N–H and O–H groups in total. The Morgan fingerprint density at radius 3 is 2.82 bits per heavy atom. The Kier molecular flexibility index (Phi) is 5.28. The molecule has 0 aliphatic rings. The summed E-state index contributed by atoms with van der Waals surface area (Å²) in [7, 11) is 1.42. The van der Waals surface area contributed by atoms with Gasteiger partial charge in [0.2, 0.25) is 6.41 Å². The Bertz CT molecular complexity index is 142. The number of rotatable bonds is 4. The van der Waals surface area contributed by atoms with E-state index in [2.05, 4.69) is 10.7 Å². The third kappa shape index (κ3) is 5.47. The van der Waals surface area contributed by atoms with Crippen molar-refractivity contribution in [3.63, 3.8) is 0 Å². The number of carbonyl (C=O) groups excluding carboxylic acids is 2. The molecule has 5 nitrogen and oxygen atoms in total. The first-order valence-corrected chi connectivity index (χ1v) is 3.52. The van der Waals surface area contributed by atoms with E-state index in [1.54, 1.807) is 0 Å². The molecule has 0 spiro atoms. The van der Waals surface area contributed by atoms with E-state index in [9.17, 15) is 9.59 Å². The molecule has 0 rings (SSSR count). The van der Waals surface area contributed by atoms with Crippen LogP contribution in [0.25, 0.3) is 0 Å². The number of hydrazine groups is 1. The lowest BCUT2D eigenvalue weighted by molar-refractivity contribution is -0.118. The second-order valence-corrected chi connectivity index (χ2v) is 2.15. The Morgan fingerprint density at radius 1 is 1.73 bits per heavy atom. The van der Waals surface area contributed by atoms with E-state index in [4.69, 9.17) is 11.6 Å². The molecule has 0 heterocycles. The zero-order chi connectivity index (χ0) is 8.69. The molecule has 0 unspecified atom stereocenters. The van der Waals surface area contributed by atoms with E-state index in [0.29, 0.717) is 18.8 Å². The lowest BCUT2D eigenvalue weighted by Gasteiger charge is -2.12. The van der Waals surface area contributed by atoms with Crippen LogP contribution in [0.4, 0.5) is 4.79 Å². The predicted octanol–water partition coefficient (Wildman–Crippen LogP) is -0.472. The number of urea groups is 1. The van der Waals surface area contributed by atoms with Crippen LogP contribution in [0.15, 0.2) is 0 Å². The normalized spacial score (nSPS) is 8.55. The van der Waals surface area contributed by atoms with Crippen LogP contribution in [0, 0.1) is 0 Å². The topological polar surface area (TPSA) is 61.4 Å². The SMILES string of the molecule is CN(C=O)NC(=O)NCCCl. The van der Waals surface area contributed by atoms with Crippen molar-refractivity contribution in [3.05, 3.63) is 0 Å². The molecule has 3 amide bonds. The average molecular weight is 180 g/mol. The molecular weight excluding hydrogens is 170 g/mol. The fourth-order valence-corrected chi connectivity index (χ4v) is 0.481. The highest BCUT2D eigenvalue weighted by atomic mass is 35.5. The second kappa shape index (κ2) is 5.79. The Labute approximate surface area is 69.7 Å². The first kappa shape index (κ1) is 10.0. The molecule has 0 fully saturated rings. The summed E-state index contributed by atoms with van der Waals surface area (Å²) in [5.41, 5.74) is 2.22. The van der Waals surface area contributed by atoms with E-state index >= 15 is 0 Å². The number of hydrogen-bond acceptors (Lipinski definition) is 2. The van der Waals surface area contributed by atoms with Crippen molar-refractivity contribution in [2.45, 2.75) is 0 Å². The standard InChI is InChI=1S/C5H10ClN3O2/c1-9(4-10)8-5(11)7-3-2-6/h4H,2-3H2,1H3,(H2,7,8,11). The maximum Gasteiger partial charge on any atom is 0.333 e. The van der Waals surface area contributed by atoms with Gasteiger partial charge in [-0.25, -0.2) is 10.2 Å². The van der Waals surface area contributed by atoms with Crippen LogP contribution in [0.3, 0.4) is 0 Å². The largest absolute Gasteiger partial charge is 0.336 e. The van der Waals surface area contributed by atoms with Crippen molar-refractivity contribution in [2.24, 2.45) is 0 Å². The van der Waals surface area contributed by atoms with Crippen LogP contribution in [0.5, 0.6) is 0 Å². The summed E-state index contributed by atoms with van der Waals surface area (Å²) in [6.07, 6.45) is 0.486. The molecule has 0 radical (unpaired) electrons. The number of hydrogen-bond donors (Lipinski definition) is 2. The van der Waals surface area contributed by atoms with Gasteiger partial charge in [-0.1, -0.05) is 0 Å². The fraction of sp³-hybridized carbons (Fsp3) is 0.600. The first-order chi connectivity index (χ1) is 5.20. The molecule has 6 heteroatoms. The molecule has 0 atom stereocenters. The molecular formula is C5H10ClN3O2. The minimum atomic E-state index is -0.444. The van der Waals surface area contributed by atoms with Gasteiger partial charge in [-0.05, 0) is 0 Å². The third-order valence-corrected chi connectivity index (χ3v) is 1.01. The lowest BCUT2D eigenvalue weighted by atomic mass is 10.7. The number of amides is 3. The van der Waals surface area contributed by atoms with Gasteiger partial charge in [-0.3, -0.25) is 9.80 Å². The molecule has 0 aromatic heterocycles. The van der Waals surface area contributed by atoms with Gasteiger partial charge in [-0.2, -0.15) is 0 Å². The summed E-state index contributed by atoms with van der Waals surface area (Å²) in [5, 5.41) is 3.42. The van der Waals surface area contributed by atoms with Crippen LogP contribution in [-0.4, -0.2) is 36.9 Å². The molecule has 0 saturated heterocycles. The zero-order valence-corrected chi connectivity index (χ0v) is 6.89. The Hall–Kier alpha value is -0.970. The monoisotopic (exact) mass is 179 g/mol. The highest BCUT2D eigenvalue weighted by Gasteiger charge is 1.99. The summed E-state index contributed by atoms with van der Waals surface area (Å²) in [6, 6.07) is -0.444. The third-order valence-electron chi connectivity index (χ3n) is 0.816. The molecule has 0 aromatic carbocycles. The molecule has 0 aliphatic carbocycles. The van der Waals surface area contributed by atoms with Crippen molar-refractivity contribution in [1.29, 1.82) is 0 Å². The maximum absolute atomic E-state index is 10.7. The highest BCUT2D eigenvalue weighted by molar-refractivity contribution is 6.18. The lowest BCUT2D eigenvalue weighted by Crippen LogP contribution is -2.45. The van der Waals surface area contributed by atoms with Crippen molar-refractivity contribution < 1.29 is 9.59 Å². The van der Waals surface area contributed by atoms with Crippen molar-refractivity contribution in [1.82, 2.24) is 15.8 Å². The fourth-order valence-electron chi connectivity index (χ4n) is 0.387. The van der Waals surface area contributed by atoms with Crippen LogP contribution in [-0.2, 0) is 4.79 Å². The minimum Gasteiger partial charge on any atom is -0.336 e. The van der Waals surface area contributed by atoms with E-state index in [1.807, 2.05) is 0 Å². The summed E-state index contributed by atoms with van der Waals surface area (Å²) in [4.78, 5) is 20.7. The second-order valence-electron chi connectivity index (χ2n) is 1.77. The molecule has 0 aliphatic heterocycles. The van der Waals surface area contributed by atoms with Gasteiger partial charge in [0.05, 0.1) is 0 Å². The van der Waals surface area contributed by atoms with E-state index in [0.717, 1.165) is 5.01 Å². The van der Waals surface area contributed by atoms with Gasteiger partial charge in [0.1, 0.15) is 0 Å². The zero-order valence-electron chi connectivity index (χ0n) is 6.13. The first-order valence-electron chi connectivity index (χ1n) is 2.99. The van der Waals surface area contributed by atoms with Crippen molar-refractivity contribution in [2.75, 3.05) is 19.5 Å². The maximum atomic E-state index is 10.7. The summed E-state index contributed by atoms with van der Waals surface area (Å²) < 4.78 is 0. The van der Waals surface area contributed by atoms with Gasteiger partial charge in [0.15, 0.2) is 0 Å². The molecule has 64 valence electrons. The number of nitrogens with zero attached hydrogens (tertiary/aromatic N) is 1. The summed E-state index contributed by atoms with van der Waals surface area (Å²) in [6.45, 7) is 0.375. The highest BCUT2D eigenvalue weighted by Crippen LogP contribution is 1.71. The number of nitrogens with one attached hydrogen (secondary N) is 2. The predicted molar refractivity (Wildman–Crippen MR) is 41.1 cm³/mol. The quantitative estimate of drug-likeness (QED) is 0.348. The molecule has 0 bridgehead atoms. The molecule has 0 saturated carbocycles. The van der Waals surface area contributed by atoms with E-state index in [1.165, 1.54) is 7.05 Å². The van der Waals surface area contributed by atoms with E-state index in [-0.39, 0.29) is 0 Å². The summed E-state index contributed by atoms with van der Waals surface area (Å²) in [5.74, 6) is 0.345. The van der Waals surface area contributed by atoms with Gasteiger partial charge >= 0.3 is 6.03 Å². The minimum absolute atomic E-state index is 0.345. The van der Waals surface area contributed by atoms with Gasteiger partial charge in [0.25, 0.3) is 0 Å². The van der Waals surface area contributed by atoms with E-state index < -0.39 is 6.03 Å². The van der Waals surface area contributed by atoms with Crippen LogP contribution in [0.1, 0.15) is 0 Å². The van der Waals surface area contributed by atoms with Crippen molar-refractivity contribution >= 4 is 24.0 Å². The van der Waals surface area contributed by atoms with Gasteiger partial charge in [-0.15, -0.1) is 11.6 Å². The number of alkyl halides is 1. The molecule has 0 aromatic rings. The number of halogens is 1. The van der Waals surface area contributed by atoms with Crippen LogP contribution in [0.2, 0.25) is 0 Å². The number of carbonyl (C=O) groups is 2. The van der Waals surface area contributed by atoms with Crippen LogP contribution >= 0.6 is 11.6 Å². The van der Waals surface area contributed by atoms with Gasteiger partial charge in [0, 0.05) is 19.5 Å². The van der Waals surface area contributed by atoms with Crippen molar-refractivity contribution in [3.8, 4) is 0 Å². The van der Waals surface area contributed by atoms with Gasteiger partial charge < -0.3 is 5.32 Å².